The van der Waals surface area contributed by atoms with E-state index in [1.807, 2.05) is 11.3 Å². The highest BCUT2D eigenvalue weighted by molar-refractivity contribution is 7.15. The van der Waals surface area contributed by atoms with Crippen molar-refractivity contribution in [1.82, 2.24) is 10.3 Å². The van der Waals surface area contributed by atoms with Crippen LogP contribution >= 0.6 is 11.3 Å². The topological polar surface area (TPSA) is 28.2 Å². The van der Waals surface area contributed by atoms with Gasteiger partial charge in [0.15, 0.2) is 5.13 Å². The molecule has 1 N–H and O–H groups in total. The summed E-state index contributed by atoms with van der Waals surface area (Å²) < 4.78 is 0. The summed E-state index contributed by atoms with van der Waals surface area (Å²) in [5.74, 6) is 0. The van der Waals surface area contributed by atoms with E-state index in [0.29, 0.717) is 6.04 Å². The Morgan fingerprint density at radius 1 is 1.33 bits per heavy atom. The molecule has 0 bridgehead atoms. The van der Waals surface area contributed by atoms with Crippen LogP contribution in [0.15, 0.2) is 0 Å². The fraction of sp³-hybridized carbons (Fsp3) is 0.786. The Hall–Kier alpha value is -0.610. The molecule has 0 aliphatic heterocycles. The number of aromatic nitrogens is 1. The summed E-state index contributed by atoms with van der Waals surface area (Å²) in [5, 5.41) is 4.62. The summed E-state index contributed by atoms with van der Waals surface area (Å²) >= 11 is 1.81. The highest BCUT2D eigenvalue weighted by atomic mass is 32.1. The average molecular weight is 269 g/mol. The van der Waals surface area contributed by atoms with E-state index in [1.54, 1.807) is 0 Å². The molecule has 0 saturated heterocycles. The van der Waals surface area contributed by atoms with E-state index in [-0.39, 0.29) is 5.41 Å². The summed E-state index contributed by atoms with van der Waals surface area (Å²) in [4.78, 5) is 8.41. The van der Waals surface area contributed by atoms with E-state index >= 15 is 0 Å². The Morgan fingerprint density at radius 2 is 1.94 bits per heavy atom. The van der Waals surface area contributed by atoms with Gasteiger partial charge in [-0.15, -0.1) is 11.3 Å². The maximum atomic E-state index is 4.83. The number of rotatable bonds is 5. The lowest BCUT2D eigenvalue weighted by Crippen LogP contribution is -2.24. The first kappa shape index (κ1) is 15.4. The second-order valence-electron chi connectivity index (χ2n) is 6.07. The van der Waals surface area contributed by atoms with Crippen molar-refractivity contribution in [2.75, 3.05) is 18.5 Å². The molecular formula is C14H27N3S. The van der Waals surface area contributed by atoms with Crippen LogP contribution in [0.2, 0.25) is 0 Å². The summed E-state index contributed by atoms with van der Waals surface area (Å²) in [7, 11) is 2.10. The van der Waals surface area contributed by atoms with Crippen molar-refractivity contribution in [3.8, 4) is 0 Å². The maximum absolute atomic E-state index is 4.83. The summed E-state index contributed by atoms with van der Waals surface area (Å²) in [6.07, 6.45) is 0. The van der Waals surface area contributed by atoms with Crippen LogP contribution in [-0.2, 0) is 12.0 Å². The van der Waals surface area contributed by atoms with Gasteiger partial charge in [0.25, 0.3) is 0 Å². The van der Waals surface area contributed by atoms with Gasteiger partial charge in [0, 0.05) is 36.5 Å². The molecular weight excluding hydrogens is 242 g/mol. The molecule has 0 aliphatic rings. The van der Waals surface area contributed by atoms with Crippen LogP contribution in [-0.4, -0.2) is 24.6 Å². The first-order valence-electron chi connectivity index (χ1n) is 6.70. The highest BCUT2D eigenvalue weighted by Crippen LogP contribution is 2.33. The lowest BCUT2D eigenvalue weighted by Gasteiger charge is -2.18. The number of nitrogens with one attached hydrogen (secondary N) is 1. The first-order chi connectivity index (χ1) is 8.25. The zero-order chi connectivity index (χ0) is 13.9. The third-order valence-corrected chi connectivity index (χ3v) is 4.04. The normalized spacial score (nSPS) is 12.2. The van der Waals surface area contributed by atoms with Crippen LogP contribution in [0, 0.1) is 0 Å². The molecule has 0 amide bonds. The third-order valence-electron chi connectivity index (χ3n) is 2.87. The minimum Gasteiger partial charge on any atom is -0.351 e. The van der Waals surface area contributed by atoms with E-state index < -0.39 is 0 Å². The molecule has 0 saturated carbocycles. The second-order valence-corrected chi connectivity index (χ2v) is 7.13. The van der Waals surface area contributed by atoms with E-state index in [9.17, 15) is 0 Å². The summed E-state index contributed by atoms with van der Waals surface area (Å²) in [6.45, 7) is 15.1. The van der Waals surface area contributed by atoms with Crippen molar-refractivity contribution >= 4 is 16.5 Å². The Labute approximate surface area is 116 Å². The number of nitrogens with zero attached hydrogens (tertiary/aromatic N) is 2. The Balaban J connectivity index is 3.01. The van der Waals surface area contributed by atoms with Crippen LogP contribution in [0.4, 0.5) is 5.13 Å². The lowest BCUT2D eigenvalue weighted by atomic mass is 9.91. The zero-order valence-electron chi connectivity index (χ0n) is 12.8. The van der Waals surface area contributed by atoms with Gasteiger partial charge in [-0.05, 0) is 6.92 Å². The van der Waals surface area contributed by atoms with Crippen molar-refractivity contribution in [3.63, 3.8) is 0 Å². The molecule has 1 aromatic heterocycles. The minimum absolute atomic E-state index is 0.108. The molecule has 0 aromatic carbocycles. The highest BCUT2D eigenvalue weighted by Gasteiger charge is 2.24. The van der Waals surface area contributed by atoms with E-state index in [1.165, 1.54) is 10.6 Å². The molecule has 0 aliphatic carbocycles. The fourth-order valence-electron chi connectivity index (χ4n) is 1.64. The zero-order valence-corrected chi connectivity index (χ0v) is 13.6. The van der Waals surface area contributed by atoms with Gasteiger partial charge in [-0.2, -0.15) is 0 Å². The molecule has 0 atom stereocenters. The van der Waals surface area contributed by atoms with Crippen LogP contribution in [0.5, 0.6) is 0 Å². The predicted molar refractivity (Wildman–Crippen MR) is 81.7 cm³/mol. The van der Waals surface area contributed by atoms with Crippen molar-refractivity contribution in [2.45, 2.75) is 59.5 Å². The summed E-state index contributed by atoms with van der Waals surface area (Å²) in [5.41, 5.74) is 1.34. The Kier molecular flexibility index (Phi) is 5.17. The average Bonchev–Trinajstić information content (AvgIpc) is 2.69. The maximum Gasteiger partial charge on any atom is 0.185 e. The SMILES string of the molecule is CCN(C)c1nc(C(C)(C)C)c(CNC(C)C)s1. The molecule has 0 unspecified atom stereocenters. The third kappa shape index (κ3) is 3.95. The van der Waals surface area contributed by atoms with Gasteiger partial charge in [-0.3, -0.25) is 0 Å². The van der Waals surface area contributed by atoms with Gasteiger partial charge in [0.05, 0.1) is 5.69 Å². The van der Waals surface area contributed by atoms with Gasteiger partial charge in [-0.1, -0.05) is 34.6 Å². The second kappa shape index (κ2) is 6.02. The molecule has 4 heteroatoms. The standard InChI is InChI=1S/C14H27N3S/c1-8-17(7)13-16-12(14(4,5)6)11(18-13)9-15-10(2)3/h10,15H,8-9H2,1-7H3. The van der Waals surface area contributed by atoms with Crippen molar-refractivity contribution < 1.29 is 0 Å². The monoisotopic (exact) mass is 269 g/mol. The molecule has 1 aromatic rings. The van der Waals surface area contributed by atoms with Crippen LogP contribution < -0.4 is 10.2 Å². The molecule has 0 radical (unpaired) electrons. The number of hydrogen-bond donors (Lipinski definition) is 1. The van der Waals surface area contributed by atoms with Crippen LogP contribution in [0.3, 0.4) is 0 Å². The Bertz CT molecular complexity index is 377. The van der Waals surface area contributed by atoms with Gasteiger partial charge in [0.1, 0.15) is 0 Å². The van der Waals surface area contributed by atoms with E-state index in [2.05, 4.69) is 58.8 Å². The van der Waals surface area contributed by atoms with Crippen molar-refractivity contribution in [3.05, 3.63) is 10.6 Å². The van der Waals surface area contributed by atoms with E-state index in [0.717, 1.165) is 18.2 Å². The van der Waals surface area contributed by atoms with Crippen LogP contribution in [0.25, 0.3) is 0 Å². The number of hydrogen-bond acceptors (Lipinski definition) is 4. The largest absolute Gasteiger partial charge is 0.351 e. The predicted octanol–water partition coefficient (Wildman–Crippen LogP) is 3.39. The molecule has 1 rings (SSSR count). The van der Waals surface area contributed by atoms with Crippen LogP contribution in [0.1, 0.15) is 52.1 Å². The van der Waals surface area contributed by atoms with Gasteiger partial charge in [0.2, 0.25) is 0 Å². The van der Waals surface area contributed by atoms with Gasteiger partial charge >= 0.3 is 0 Å². The molecule has 104 valence electrons. The first-order valence-corrected chi connectivity index (χ1v) is 7.52. The minimum atomic E-state index is 0.108. The fourth-order valence-corrected chi connectivity index (χ4v) is 2.89. The molecule has 18 heavy (non-hydrogen) atoms. The Morgan fingerprint density at radius 3 is 2.39 bits per heavy atom. The van der Waals surface area contributed by atoms with Gasteiger partial charge < -0.3 is 10.2 Å². The molecule has 1 heterocycles. The van der Waals surface area contributed by atoms with Crippen molar-refractivity contribution in [1.29, 1.82) is 0 Å². The van der Waals surface area contributed by atoms with Gasteiger partial charge in [-0.25, -0.2) is 4.98 Å². The summed E-state index contributed by atoms with van der Waals surface area (Å²) in [6, 6.07) is 0.507. The smallest absolute Gasteiger partial charge is 0.185 e. The number of anilines is 1. The van der Waals surface area contributed by atoms with E-state index in [4.69, 9.17) is 4.98 Å². The number of thiazole rings is 1. The lowest BCUT2D eigenvalue weighted by molar-refractivity contribution is 0.546. The molecule has 3 nitrogen and oxygen atoms in total. The quantitative estimate of drug-likeness (QED) is 0.888. The van der Waals surface area contributed by atoms with Crippen molar-refractivity contribution in [2.24, 2.45) is 0 Å². The molecule has 0 spiro atoms. The molecule has 0 fully saturated rings.